The molecule has 1 saturated heterocycles. The molecule has 1 aliphatic rings. The van der Waals surface area contributed by atoms with Gasteiger partial charge in [0.25, 0.3) is 0 Å². The number of carbonyl (C=O) groups is 1. The van der Waals surface area contributed by atoms with Gasteiger partial charge < -0.3 is 5.32 Å². The van der Waals surface area contributed by atoms with Crippen LogP contribution in [-0.4, -0.2) is 44.0 Å². The fraction of sp³-hybridized carbons (Fsp3) is 0.588. The zero-order valence-corrected chi connectivity index (χ0v) is 15.6. The molecule has 5 nitrogen and oxygen atoms in total. The molecule has 0 saturated carbocycles. The van der Waals surface area contributed by atoms with E-state index in [1.807, 2.05) is 24.3 Å². The van der Waals surface area contributed by atoms with Crippen LogP contribution in [0.15, 0.2) is 24.3 Å². The van der Waals surface area contributed by atoms with Crippen LogP contribution in [-0.2, 0) is 21.2 Å². The number of piperidine rings is 1. The number of sulfonamides is 1. The lowest BCUT2D eigenvalue weighted by Gasteiger charge is -2.30. The normalized spacial score (nSPS) is 16.9. The summed E-state index contributed by atoms with van der Waals surface area (Å²) in [6.07, 6.45) is 2.84. The van der Waals surface area contributed by atoms with Crippen LogP contribution >= 0.6 is 11.6 Å². The molecule has 0 atom stereocenters. The highest BCUT2D eigenvalue weighted by molar-refractivity contribution is 7.89. The molecule has 1 amide bonds. The van der Waals surface area contributed by atoms with E-state index in [9.17, 15) is 13.2 Å². The Bertz CT molecular complexity index is 656. The van der Waals surface area contributed by atoms with Gasteiger partial charge in [0, 0.05) is 30.6 Å². The minimum absolute atomic E-state index is 0.0303. The third kappa shape index (κ3) is 5.19. The highest BCUT2D eigenvalue weighted by atomic mass is 35.5. The van der Waals surface area contributed by atoms with Gasteiger partial charge in [-0.05, 0) is 44.2 Å². The topological polar surface area (TPSA) is 66.5 Å². The summed E-state index contributed by atoms with van der Waals surface area (Å²) in [5, 5.41) is 3.72. The number of nitrogens with one attached hydrogen (secondary N) is 1. The van der Waals surface area contributed by atoms with E-state index in [1.54, 1.807) is 6.92 Å². The molecule has 0 spiro atoms. The molecule has 0 aliphatic carbocycles. The van der Waals surface area contributed by atoms with Gasteiger partial charge in [-0.3, -0.25) is 4.79 Å². The van der Waals surface area contributed by atoms with Crippen LogP contribution in [0.1, 0.15) is 31.7 Å². The SMILES string of the molecule is CCS(=O)(=O)N1CCC(C(=O)NCCCc2ccccc2Cl)CC1. The van der Waals surface area contributed by atoms with Gasteiger partial charge in [-0.15, -0.1) is 0 Å². The van der Waals surface area contributed by atoms with Crippen molar-refractivity contribution in [1.82, 2.24) is 9.62 Å². The molecule has 7 heteroatoms. The lowest BCUT2D eigenvalue weighted by atomic mass is 9.97. The molecule has 0 unspecified atom stereocenters. The molecule has 1 heterocycles. The highest BCUT2D eigenvalue weighted by Gasteiger charge is 2.29. The van der Waals surface area contributed by atoms with Crippen LogP contribution in [0.5, 0.6) is 0 Å². The minimum atomic E-state index is -3.14. The minimum Gasteiger partial charge on any atom is -0.356 e. The van der Waals surface area contributed by atoms with Gasteiger partial charge in [-0.2, -0.15) is 0 Å². The summed E-state index contributed by atoms with van der Waals surface area (Å²) in [6.45, 7) is 3.13. The Hall–Kier alpha value is -1.11. The van der Waals surface area contributed by atoms with Gasteiger partial charge >= 0.3 is 0 Å². The summed E-state index contributed by atoms with van der Waals surface area (Å²) in [7, 11) is -3.14. The van der Waals surface area contributed by atoms with Crippen LogP contribution in [0.4, 0.5) is 0 Å². The van der Waals surface area contributed by atoms with Crippen molar-refractivity contribution >= 4 is 27.5 Å². The average Bonchev–Trinajstić information content (AvgIpc) is 2.60. The zero-order valence-electron chi connectivity index (χ0n) is 14.0. The van der Waals surface area contributed by atoms with Crippen molar-refractivity contribution < 1.29 is 13.2 Å². The smallest absolute Gasteiger partial charge is 0.223 e. The molecule has 1 aromatic carbocycles. The van der Waals surface area contributed by atoms with Crippen LogP contribution in [0.3, 0.4) is 0 Å². The first-order valence-electron chi connectivity index (χ1n) is 8.43. The van der Waals surface area contributed by atoms with E-state index in [0.29, 0.717) is 32.5 Å². The summed E-state index contributed by atoms with van der Waals surface area (Å²) >= 11 is 6.11. The summed E-state index contributed by atoms with van der Waals surface area (Å²) < 4.78 is 25.1. The van der Waals surface area contributed by atoms with Crippen LogP contribution in [0.25, 0.3) is 0 Å². The van der Waals surface area contributed by atoms with Crippen molar-refractivity contribution in [3.05, 3.63) is 34.9 Å². The maximum atomic E-state index is 12.2. The summed E-state index contributed by atoms with van der Waals surface area (Å²) in [5.74, 6) is 0.0580. The Morgan fingerprint density at radius 2 is 1.96 bits per heavy atom. The standard InChI is InChI=1S/C17H25ClN2O3S/c1-2-24(22,23)20-12-9-15(10-13-20)17(21)19-11-5-7-14-6-3-4-8-16(14)18/h3-4,6,8,15H,2,5,7,9-13H2,1H3,(H,19,21). The number of nitrogens with zero attached hydrogens (tertiary/aromatic N) is 1. The van der Waals surface area contributed by atoms with E-state index >= 15 is 0 Å². The van der Waals surface area contributed by atoms with E-state index in [0.717, 1.165) is 23.4 Å². The van der Waals surface area contributed by atoms with Crippen molar-refractivity contribution in [2.45, 2.75) is 32.6 Å². The van der Waals surface area contributed by atoms with Crippen molar-refractivity contribution in [2.24, 2.45) is 5.92 Å². The Labute approximate surface area is 149 Å². The largest absolute Gasteiger partial charge is 0.356 e. The van der Waals surface area contributed by atoms with Crippen molar-refractivity contribution in [3.63, 3.8) is 0 Å². The number of carbonyl (C=O) groups excluding carboxylic acids is 1. The quantitative estimate of drug-likeness (QED) is 0.747. The van der Waals surface area contributed by atoms with Gasteiger partial charge in [0.15, 0.2) is 0 Å². The third-order valence-corrected chi connectivity index (χ3v) is 6.71. The van der Waals surface area contributed by atoms with E-state index in [-0.39, 0.29) is 17.6 Å². The predicted octanol–water partition coefficient (Wildman–Crippen LogP) is 2.45. The van der Waals surface area contributed by atoms with Crippen LogP contribution in [0.2, 0.25) is 5.02 Å². The molecule has 1 aliphatic heterocycles. The second kappa shape index (κ2) is 8.83. The number of benzene rings is 1. The second-order valence-electron chi connectivity index (χ2n) is 6.06. The maximum absolute atomic E-state index is 12.2. The van der Waals surface area contributed by atoms with E-state index in [4.69, 9.17) is 11.6 Å². The Morgan fingerprint density at radius 3 is 2.58 bits per heavy atom. The Morgan fingerprint density at radius 1 is 1.29 bits per heavy atom. The third-order valence-electron chi connectivity index (χ3n) is 4.46. The van der Waals surface area contributed by atoms with E-state index in [2.05, 4.69) is 5.32 Å². The van der Waals surface area contributed by atoms with Crippen molar-refractivity contribution in [3.8, 4) is 0 Å². The van der Waals surface area contributed by atoms with E-state index in [1.165, 1.54) is 4.31 Å². The highest BCUT2D eigenvalue weighted by Crippen LogP contribution is 2.20. The monoisotopic (exact) mass is 372 g/mol. The molecule has 0 radical (unpaired) electrons. The van der Waals surface area contributed by atoms with Crippen molar-refractivity contribution in [2.75, 3.05) is 25.4 Å². The first-order valence-corrected chi connectivity index (χ1v) is 10.4. The zero-order chi connectivity index (χ0) is 17.6. The maximum Gasteiger partial charge on any atom is 0.223 e. The molecular formula is C17H25ClN2O3S. The fourth-order valence-corrected chi connectivity index (χ4v) is 4.28. The molecule has 1 aromatic rings. The number of aryl methyl sites for hydroxylation is 1. The molecule has 24 heavy (non-hydrogen) atoms. The Kier molecular flexibility index (Phi) is 7.07. The van der Waals surface area contributed by atoms with Crippen molar-refractivity contribution in [1.29, 1.82) is 0 Å². The molecule has 1 N–H and O–H groups in total. The van der Waals surface area contributed by atoms with Gasteiger partial charge in [-0.1, -0.05) is 29.8 Å². The lowest BCUT2D eigenvalue weighted by Crippen LogP contribution is -2.43. The summed E-state index contributed by atoms with van der Waals surface area (Å²) in [4.78, 5) is 12.2. The van der Waals surface area contributed by atoms with Crippen LogP contribution in [0, 0.1) is 5.92 Å². The fourth-order valence-electron chi connectivity index (χ4n) is 2.91. The molecule has 0 aromatic heterocycles. The molecule has 2 rings (SSSR count). The summed E-state index contributed by atoms with van der Waals surface area (Å²) in [5.41, 5.74) is 1.09. The van der Waals surface area contributed by atoms with Gasteiger partial charge in [0.05, 0.1) is 5.75 Å². The lowest BCUT2D eigenvalue weighted by molar-refractivity contribution is -0.126. The first kappa shape index (κ1) is 19.2. The summed E-state index contributed by atoms with van der Waals surface area (Å²) in [6, 6.07) is 7.72. The van der Waals surface area contributed by atoms with Gasteiger partial charge in [-0.25, -0.2) is 12.7 Å². The molecule has 0 bridgehead atoms. The van der Waals surface area contributed by atoms with E-state index < -0.39 is 10.0 Å². The van der Waals surface area contributed by atoms with Crippen LogP contribution < -0.4 is 5.32 Å². The number of rotatable bonds is 7. The number of hydrogen-bond acceptors (Lipinski definition) is 3. The first-order chi connectivity index (χ1) is 11.4. The predicted molar refractivity (Wildman–Crippen MR) is 96.5 cm³/mol. The second-order valence-corrected chi connectivity index (χ2v) is 8.72. The number of hydrogen-bond donors (Lipinski definition) is 1. The average molecular weight is 373 g/mol. The Balaban J connectivity index is 1.70. The molecular weight excluding hydrogens is 348 g/mol. The van der Waals surface area contributed by atoms with Gasteiger partial charge in [0.2, 0.25) is 15.9 Å². The number of halogens is 1. The molecule has 1 fully saturated rings. The molecule has 134 valence electrons. The number of amides is 1. The van der Waals surface area contributed by atoms with Gasteiger partial charge in [0.1, 0.15) is 0 Å².